The van der Waals surface area contributed by atoms with E-state index in [1.54, 1.807) is 22.8 Å². The normalized spacial score (nSPS) is 16.0. The molecule has 1 amide bonds. The van der Waals surface area contributed by atoms with Crippen LogP contribution < -0.4 is 10.2 Å². The van der Waals surface area contributed by atoms with Gasteiger partial charge in [0, 0.05) is 46.5 Å². The molecular weight excluding hydrogens is 320 g/mol. The Balaban J connectivity index is 1.76. The van der Waals surface area contributed by atoms with Gasteiger partial charge in [-0.05, 0) is 12.3 Å². The molecule has 0 spiro atoms. The van der Waals surface area contributed by atoms with Crippen LogP contribution in [0.4, 0.5) is 5.69 Å². The average molecular weight is 350 g/mol. The minimum atomic E-state index is 0.0513. The molecule has 0 bridgehead atoms. The van der Waals surface area contributed by atoms with Gasteiger partial charge >= 0.3 is 0 Å². The van der Waals surface area contributed by atoms with Crippen LogP contribution in [0.25, 0.3) is 0 Å². The summed E-state index contributed by atoms with van der Waals surface area (Å²) in [6.07, 6.45) is 4.64. The van der Waals surface area contributed by atoms with Crippen LogP contribution in [0.3, 0.4) is 0 Å². The van der Waals surface area contributed by atoms with E-state index < -0.39 is 0 Å². The Labute approximate surface area is 149 Å². The molecule has 1 aromatic heterocycles. The van der Waals surface area contributed by atoms with Crippen LogP contribution in [0.5, 0.6) is 0 Å². The predicted octanol–water partition coefficient (Wildman–Crippen LogP) is 0.707. The first-order valence-corrected chi connectivity index (χ1v) is 8.83. The van der Waals surface area contributed by atoms with Gasteiger partial charge in [-0.3, -0.25) is 14.5 Å². The fourth-order valence-electron chi connectivity index (χ4n) is 2.66. The topological polar surface area (TPSA) is 75.0 Å². The molecule has 0 aliphatic carbocycles. The number of aromatic nitrogens is 2. The first-order chi connectivity index (χ1) is 12.0. The van der Waals surface area contributed by atoms with Gasteiger partial charge in [-0.1, -0.05) is 13.8 Å². The zero-order valence-corrected chi connectivity index (χ0v) is 15.7. The van der Waals surface area contributed by atoms with Crippen LogP contribution in [0.1, 0.15) is 20.3 Å². The number of anilines is 1. The van der Waals surface area contributed by atoms with Gasteiger partial charge in [-0.2, -0.15) is 5.10 Å². The smallest absolute Gasteiger partial charge is 0.246 e. The lowest BCUT2D eigenvalue weighted by Gasteiger charge is -2.35. The molecule has 0 saturated carbocycles. The lowest BCUT2D eigenvalue weighted by molar-refractivity contribution is -0.120. The fraction of sp³-hybridized carbons (Fsp3) is 0.706. The van der Waals surface area contributed by atoms with Gasteiger partial charge in [-0.15, -0.1) is 0 Å². The molecule has 2 heterocycles. The highest BCUT2D eigenvalue weighted by molar-refractivity contribution is 5.98. The number of hydrogen-bond acceptors (Lipinski definition) is 4. The van der Waals surface area contributed by atoms with E-state index in [2.05, 4.69) is 29.3 Å². The molecule has 0 radical (unpaired) electrons. The van der Waals surface area contributed by atoms with Crippen molar-refractivity contribution in [3.8, 4) is 0 Å². The summed E-state index contributed by atoms with van der Waals surface area (Å²) < 4.78 is 7.31. The monoisotopic (exact) mass is 350 g/mol. The maximum absolute atomic E-state index is 12.5. The zero-order chi connectivity index (χ0) is 18.2. The zero-order valence-electron chi connectivity index (χ0n) is 15.7. The van der Waals surface area contributed by atoms with Crippen LogP contribution >= 0.6 is 0 Å². The minimum Gasteiger partial charge on any atom is -0.380 e. The van der Waals surface area contributed by atoms with Crippen molar-refractivity contribution in [3.05, 3.63) is 12.4 Å². The van der Waals surface area contributed by atoms with Crippen molar-refractivity contribution in [1.29, 1.82) is 0 Å². The van der Waals surface area contributed by atoms with Gasteiger partial charge in [0.2, 0.25) is 5.91 Å². The third-order valence-electron chi connectivity index (χ3n) is 4.10. The molecule has 1 aromatic rings. The van der Waals surface area contributed by atoms with Crippen LogP contribution in [0.2, 0.25) is 0 Å². The van der Waals surface area contributed by atoms with Gasteiger partial charge in [0.15, 0.2) is 5.96 Å². The summed E-state index contributed by atoms with van der Waals surface area (Å²) in [5.41, 5.74) is 0.841. The van der Waals surface area contributed by atoms with Crippen LogP contribution in [0, 0.1) is 5.92 Å². The molecule has 8 heteroatoms. The summed E-state index contributed by atoms with van der Waals surface area (Å²) in [6.45, 7) is 8.13. The molecule has 1 saturated heterocycles. The summed E-state index contributed by atoms with van der Waals surface area (Å²) in [7, 11) is 3.58. The van der Waals surface area contributed by atoms with Crippen molar-refractivity contribution < 1.29 is 9.53 Å². The number of rotatable bonds is 7. The Hall–Kier alpha value is -2.09. The highest BCUT2D eigenvalue weighted by Gasteiger charge is 2.27. The fourth-order valence-corrected chi connectivity index (χ4v) is 2.66. The van der Waals surface area contributed by atoms with Crippen molar-refractivity contribution in [2.75, 3.05) is 51.3 Å². The lowest BCUT2D eigenvalue weighted by atomic mass is 10.1. The second-order valence-corrected chi connectivity index (χ2v) is 6.61. The van der Waals surface area contributed by atoms with Crippen LogP contribution in [-0.4, -0.2) is 73.0 Å². The molecular formula is C17H30N6O2. The summed E-state index contributed by atoms with van der Waals surface area (Å²) in [5, 5.41) is 7.40. The number of carbonyl (C=O) groups excluding carboxylic acids is 1. The Morgan fingerprint density at radius 1 is 1.40 bits per heavy atom. The van der Waals surface area contributed by atoms with E-state index in [-0.39, 0.29) is 5.91 Å². The predicted molar refractivity (Wildman–Crippen MR) is 98.8 cm³/mol. The van der Waals surface area contributed by atoms with E-state index in [0.29, 0.717) is 32.2 Å². The van der Waals surface area contributed by atoms with Crippen molar-refractivity contribution >= 4 is 17.6 Å². The van der Waals surface area contributed by atoms with Gasteiger partial charge in [-0.25, -0.2) is 0 Å². The number of aryl methyl sites for hydroxylation is 1. The molecule has 1 fully saturated rings. The average Bonchev–Trinajstić information content (AvgIpc) is 3.00. The molecule has 1 N–H and O–H groups in total. The molecule has 140 valence electrons. The number of piperazine rings is 1. The van der Waals surface area contributed by atoms with Crippen LogP contribution in [-0.2, 0) is 16.6 Å². The number of guanidine groups is 1. The quantitative estimate of drug-likeness (QED) is 0.445. The van der Waals surface area contributed by atoms with E-state index in [0.717, 1.165) is 31.2 Å². The van der Waals surface area contributed by atoms with Gasteiger partial charge < -0.3 is 19.9 Å². The molecule has 8 nitrogen and oxygen atoms in total. The molecule has 0 unspecified atom stereocenters. The molecule has 1 aliphatic heterocycles. The van der Waals surface area contributed by atoms with E-state index in [1.165, 1.54) is 0 Å². The standard InChI is InChI=1S/C17H30N6O2/c1-14(2)5-9-25-10-6-19-17(18-3)22-7-8-23(16(24)13-22)15-11-20-21(4)12-15/h11-12,14H,5-10,13H2,1-4H3,(H,18,19). The van der Waals surface area contributed by atoms with Crippen molar-refractivity contribution in [3.63, 3.8) is 0 Å². The van der Waals surface area contributed by atoms with Crippen molar-refractivity contribution in [2.24, 2.45) is 18.0 Å². The maximum atomic E-state index is 12.5. The van der Waals surface area contributed by atoms with Gasteiger partial charge in [0.1, 0.15) is 6.54 Å². The molecule has 1 aliphatic rings. The summed E-state index contributed by atoms with van der Waals surface area (Å²) >= 11 is 0. The number of carbonyl (C=O) groups is 1. The van der Waals surface area contributed by atoms with E-state index >= 15 is 0 Å². The van der Waals surface area contributed by atoms with Crippen molar-refractivity contribution in [1.82, 2.24) is 20.0 Å². The third kappa shape index (κ3) is 5.74. The highest BCUT2D eigenvalue weighted by Crippen LogP contribution is 2.15. The first kappa shape index (κ1) is 19.2. The maximum Gasteiger partial charge on any atom is 0.246 e. The Morgan fingerprint density at radius 2 is 2.20 bits per heavy atom. The summed E-state index contributed by atoms with van der Waals surface area (Å²) in [5.74, 6) is 1.45. The van der Waals surface area contributed by atoms with Crippen molar-refractivity contribution in [2.45, 2.75) is 20.3 Å². The molecule has 0 atom stereocenters. The van der Waals surface area contributed by atoms with E-state index in [1.807, 2.05) is 18.1 Å². The number of nitrogens with one attached hydrogen (secondary N) is 1. The number of nitrogens with zero attached hydrogens (tertiary/aromatic N) is 5. The van der Waals surface area contributed by atoms with Gasteiger partial charge in [0.25, 0.3) is 0 Å². The summed E-state index contributed by atoms with van der Waals surface area (Å²) in [6, 6.07) is 0. The second kappa shape index (κ2) is 9.41. The second-order valence-electron chi connectivity index (χ2n) is 6.61. The minimum absolute atomic E-state index is 0.0513. The SMILES string of the molecule is CN=C(NCCOCCC(C)C)N1CCN(c2cnn(C)c2)C(=O)C1. The third-order valence-corrected chi connectivity index (χ3v) is 4.10. The Bertz CT molecular complexity index is 583. The number of hydrogen-bond donors (Lipinski definition) is 1. The Kier molecular flexibility index (Phi) is 7.24. The highest BCUT2D eigenvalue weighted by atomic mass is 16.5. The van der Waals surface area contributed by atoms with E-state index in [4.69, 9.17) is 4.74 Å². The molecule has 0 aromatic carbocycles. The van der Waals surface area contributed by atoms with E-state index in [9.17, 15) is 4.79 Å². The first-order valence-electron chi connectivity index (χ1n) is 8.83. The largest absolute Gasteiger partial charge is 0.380 e. The number of ether oxygens (including phenoxy) is 1. The van der Waals surface area contributed by atoms with Crippen LogP contribution in [0.15, 0.2) is 17.4 Å². The summed E-state index contributed by atoms with van der Waals surface area (Å²) in [4.78, 5) is 20.5. The Morgan fingerprint density at radius 3 is 2.80 bits per heavy atom. The molecule has 2 rings (SSSR count). The van der Waals surface area contributed by atoms with Gasteiger partial charge in [0.05, 0.1) is 18.5 Å². The number of aliphatic imine (C=N–C) groups is 1. The number of amides is 1. The lowest BCUT2D eigenvalue weighted by Crippen LogP contribution is -2.55. The molecule has 25 heavy (non-hydrogen) atoms.